The summed E-state index contributed by atoms with van der Waals surface area (Å²) in [5.41, 5.74) is 1.76. The van der Waals surface area contributed by atoms with Crippen LogP contribution in [0.4, 0.5) is 5.69 Å². The van der Waals surface area contributed by atoms with Crippen LogP contribution in [-0.2, 0) is 19.1 Å². The summed E-state index contributed by atoms with van der Waals surface area (Å²) >= 11 is 0. The van der Waals surface area contributed by atoms with Crippen molar-refractivity contribution in [2.24, 2.45) is 5.92 Å². The molecule has 3 heterocycles. The second-order valence-electron chi connectivity index (χ2n) is 10.1. The molecule has 0 bridgehead atoms. The van der Waals surface area contributed by atoms with Crippen molar-refractivity contribution in [2.45, 2.75) is 88.1 Å². The van der Waals surface area contributed by atoms with Gasteiger partial charge >= 0.3 is 0 Å². The van der Waals surface area contributed by atoms with Crippen molar-refractivity contribution < 1.29 is 28.9 Å². The van der Waals surface area contributed by atoms with E-state index in [2.05, 4.69) is 10.6 Å². The fourth-order valence-electron chi connectivity index (χ4n) is 5.91. The van der Waals surface area contributed by atoms with Gasteiger partial charge < -0.3 is 30.0 Å². The van der Waals surface area contributed by atoms with Gasteiger partial charge in [-0.1, -0.05) is 19.3 Å². The van der Waals surface area contributed by atoms with Crippen molar-refractivity contribution in [3.05, 3.63) is 23.8 Å². The fourth-order valence-corrected chi connectivity index (χ4v) is 5.91. The molecule has 4 aliphatic rings. The second kappa shape index (κ2) is 10.6. The molecular formula is C26H36N2O6. The van der Waals surface area contributed by atoms with Crippen molar-refractivity contribution in [2.75, 3.05) is 25.1 Å². The summed E-state index contributed by atoms with van der Waals surface area (Å²) in [6.07, 6.45) is 7.03. The smallest absolute Gasteiger partial charge is 0.227 e. The number of benzene rings is 1. The number of amides is 2. The van der Waals surface area contributed by atoms with E-state index < -0.39 is 6.10 Å². The lowest BCUT2D eigenvalue weighted by Crippen LogP contribution is -2.48. The summed E-state index contributed by atoms with van der Waals surface area (Å²) in [6.45, 7) is 1.08. The maximum atomic E-state index is 12.7. The average Bonchev–Trinajstić information content (AvgIpc) is 3.22. The van der Waals surface area contributed by atoms with Crippen LogP contribution in [0.3, 0.4) is 0 Å². The summed E-state index contributed by atoms with van der Waals surface area (Å²) < 4.78 is 17.6. The SMILES string of the molecule is O=C(C[C@H]1C[C@@H]2c3cc(NC(=O)C4CCOCC4)ccc3O[C@@H]2[C@@H](CO)O1)NC1CCCCC1. The van der Waals surface area contributed by atoms with Gasteiger partial charge in [0.05, 0.1) is 19.1 Å². The highest BCUT2D eigenvalue weighted by Gasteiger charge is 2.46. The third-order valence-electron chi connectivity index (χ3n) is 7.74. The highest BCUT2D eigenvalue weighted by molar-refractivity contribution is 5.92. The van der Waals surface area contributed by atoms with Crippen molar-refractivity contribution in [3.8, 4) is 5.75 Å². The molecule has 0 radical (unpaired) electrons. The molecule has 2 saturated heterocycles. The van der Waals surface area contributed by atoms with E-state index in [1.54, 1.807) is 0 Å². The lowest BCUT2D eigenvalue weighted by molar-refractivity contribution is -0.142. The molecule has 1 aromatic carbocycles. The molecule has 2 amide bonds. The highest BCUT2D eigenvalue weighted by Crippen LogP contribution is 2.47. The maximum Gasteiger partial charge on any atom is 0.227 e. The molecule has 3 aliphatic heterocycles. The van der Waals surface area contributed by atoms with Gasteiger partial charge in [-0.25, -0.2) is 0 Å². The molecule has 0 spiro atoms. The zero-order chi connectivity index (χ0) is 23.5. The first-order valence-electron chi connectivity index (χ1n) is 12.9. The molecule has 186 valence electrons. The number of ether oxygens (including phenoxy) is 3. The number of aliphatic hydroxyl groups excluding tert-OH is 1. The van der Waals surface area contributed by atoms with Crippen LogP contribution in [0.25, 0.3) is 0 Å². The van der Waals surface area contributed by atoms with E-state index >= 15 is 0 Å². The van der Waals surface area contributed by atoms with E-state index in [0.717, 1.165) is 42.7 Å². The summed E-state index contributed by atoms with van der Waals surface area (Å²) in [6, 6.07) is 5.99. The summed E-state index contributed by atoms with van der Waals surface area (Å²) in [5.74, 6) is 0.779. The van der Waals surface area contributed by atoms with E-state index in [9.17, 15) is 14.7 Å². The highest BCUT2D eigenvalue weighted by atomic mass is 16.6. The lowest BCUT2D eigenvalue weighted by atomic mass is 9.84. The number of aliphatic hydroxyl groups is 1. The van der Waals surface area contributed by atoms with Crippen LogP contribution in [0.2, 0.25) is 0 Å². The molecule has 5 rings (SSSR count). The van der Waals surface area contributed by atoms with Gasteiger partial charge in [-0.3, -0.25) is 9.59 Å². The van der Waals surface area contributed by atoms with Crippen molar-refractivity contribution in [3.63, 3.8) is 0 Å². The van der Waals surface area contributed by atoms with E-state index in [0.29, 0.717) is 19.6 Å². The topological polar surface area (TPSA) is 106 Å². The van der Waals surface area contributed by atoms with Crippen LogP contribution in [0, 0.1) is 5.92 Å². The summed E-state index contributed by atoms with van der Waals surface area (Å²) in [5, 5.41) is 16.2. The van der Waals surface area contributed by atoms with Gasteiger partial charge in [0.15, 0.2) is 0 Å². The van der Waals surface area contributed by atoms with Crippen LogP contribution < -0.4 is 15.4 Å². The second-order valence-corrected chi connectivity index (χ2v) is 10.1. The molecule has 1 aromatic rings. The summed E-state index contributed by atoms with van der Waals surface area (Å²) in [7, 11) is 0. The Hall–Kier alpha value is -2.16. The number of fused-ring (bicyclic) bond motifs is 3. The Morgan fingerprint density at radius 2 is 1.85 bits per heavy atom. The molecular weight excluding hydrogens is 436 g/mol. The Morgan fingerprint density at radius 1 is 1.06 bits per heavy atom. The van der Waals surface area contributed by atoms with Gasteiger partial charge in [0.1, 0.15) is 18.0 Å². The minimum atomic E-state index is -0.487. The quantitative estimate of drug-likeness (QED) is 0.588. The molecule has 0 aromatic heterocycles. The van der Waals surface area contributed by atoms with Crippen LogP contribution in [0.5, 0.6) is 5.75 Å². The van der Waals surface area contributed by atoms with Gasteiger partial charge in [0.2, 0.25) is 11.8 Å². The number of nitrogens with one attached hydrogen (secondary N) is 2. The number of carbonyl (C=O) groups excluding carboxylic acids is 2. The standard InChI is InChI=1S/C26H36N2O6/c29-15-23-25-21(13-19(33-23)14-24(30)27-17-4-2-1-3-5-17)20-12-18(6-7-22(20)34-25)28-26(31)16-8-10-32-11-9-16/h6-7,12,16-17,19,21,23,25,29H,1-5,8-11,13-15H2,(H,27,30)(H,28,31)/t19-,21-,23-,25+/m1/s1. The van der Waals surface area contributed by atoms with Gasteiger partial charge in [-0.15, -0.1) is 0 Å². The molecule has 1 aliphatic carbocycles. The molecule has 34 heavy (non-hydrogen) atoms. The van der Waals surface area contributed by atoms with Crippen molar-refractivity contribution in [1.29, 1.82) is 0 Å². The zero-order valence-corrected chi connectivity index (χ0v) is 19.7. The maximum absolute atomic E-state index is 12.7. The van der Waals surface area contributed by atoms with Crippen LogP contribution >= 0.6 is 0 Å². The van der Waals surface area contributed by atoms with Crippen LogP contribution in [-0.4, -0.2) is 61.1 Å². The Balaban J connectivity index is 1.25. The first-order chi connectivity index (χ1) is 16.6. The predicted molar refractivity (Wildman–Crippen MR) is 126 cm³/mol. The Morgan fingerprint density at radius 3 is 2.62 bits per heavy atom. The van der Waals surface area contributed by atoms with Crippen molar-refractivity contribution in [1.82, 2.24) is 5.32 Å². The number of carbonyl (C=O) groups is 2. The first kappa shape index (κ1) is 23.6. The molecule has 3 N–H and O–H groups in total. The Labute approximate surface area is 200 Å². The van der Waals surface area contributed by atoms with Crippen molar-refractivity contribution >= 4 is 17.5 Å². The normalized spacial score (nSPS) is 29.6. The van der Waals surface area contributed by atoms with Gasteiger partial charge in [0.25, 0.3) is 0 Å². The predicted octanol–water partition coefficient (Wildman–Crippen LogP) is 2.89. The zero-order valence-electron chi connectivity index (χ0n) is 19.7. The number of hydrogen-bond acceptors (Lipinski definition) is 6. The Bertz CT molecular complexity index is 880. The van der Waals surface area contributed by atoms with Crippen LogP contribution in [0.1, 0.15) is 69.3 Å². The minimum absolute atomic E-state index is 0.00770. The molecule has 1 saturated carbocycles. The van der Waals surface area contributed by atoms with Gasteiger partial charge in [0, 0.05) is 42.3 Å². The molecule has 8 heteroatoms. The molecule has 8 nitrogen and oxygen atoms in total. The average molecular weight is 473 g/mol. The third kappa shape index (κ3) is 5.24. The number of hydrogen-bond donors (Lipinski definition) is 3. The van der Waals surface area contributed by atoms with E-state index in [4.69, 9.17) is 14.2 Å². The molecule has 3 fully saturated rings. The third-order valence-corrected chi connectivity index (χ3v) is 7.74. The van der Waals surface area contributed by atoms with Gasteiger partial charge in [-0.2, -0.15) is 0 Å². The van der Waals surface area contributed by atoms with Gasteiger partial charge in [-0.05, 0) is 50.3 Å². The lowest BCUT2D eigenvalue weighted by Gasteiger charge is -2.37. The molecule has 4 atom stereocenters. The van der Waals surface area contributed by atoms with Crippen LogP contribution in [0.15, 0.2) is 18.2 Å². The molecule has 0 unspecified atom stereocenters. The minimum Gasteiger partial charge on any atom is -0.487 e. The first-order valence-corrected chi connectivity index (χ1v) is 12.9. The Kier molecular flexibility index (Phi) is 7.37. The number of anilines is 1. The monoisotopic (exact) mass is 472 g/mol. The number of rotatable bonds is 6. The largest absolute Gasteiger partial charge is 0.487 e. The van der Waals surface area contributed by atoms with E-state index in [1.165, 1.54) is 19.3 Å². The van der Waals surface area contributed by atoms with E-state index in [1.807, 2.05) is 18.2 Å². The van der Waals surface area contributed by atoms with E-state index in [-0.39, 0.29) is 54.9 Å². The summed E-state index contributed by atoms with van der Waals surface area (Å²) in [4.78, 5) is 25.4. The fraction of sp³-hybridized carbons (Fsp3) is 0.692.